The Kier molecular flexibility index (Phi) is 6.32. The molecule has 0 fully saturated rings. The van der Waals surface area contributed by atoms with E-state index in [9.17, 15) is 9.59 Å². The number of carboxylic acid groups (broad SMARTS) is 1. The molecule has 0 aliphatic rings. The zero-order chi connectivity index (χ0) is 14.1. The van der Waals surface area contributed by atoms with Crippen molar-refractivity contribution in [2.24, 2.45) is 0 Å². The predicted molar refractivity (Wildman–Crippen MR) is 71.7 cm³/mol. The second-order valence-electron chi connectivity index (χ2n) is 3.98. The lowest BCUT2D eigenvalue weighted by Crippen LogP contribution is -2.26. The summed E-state index contributed by atoms with van der Waals surface area (Å²) >= 11 is 0. The van der Waals surface area contributed by atoms with Crippen LogP contribution in [0.25, 0.3) is 6.08 Å². The number of carboxylic acids is 1. The maximum atomic E-state index is 11.4. The van der Waals surface area contributed by atoms with E-state index < -0.39 is 5.97 Å². The van der Waals surface area contributed by atoms with Crippen LogP contribution in [0.2, 0.25) is 0 Å². The SMILES string of the molecule is Cc1ccc(C=CC(=O)NCCOCC(=O)O)cc1. The van der Waals surface area contributed by atoms with Crippen LogP contribution in [0.15, 0.2) is 30.3 Å². The first-order valence-electron chi connectivity index (χ1n) is 5.90. The molecule has 102 valence electrons. The number of aryl methyl sites for hydroxylation is 1. The molecule has 5 nitrogen and oxygen atoms in total. The summed E-state index contributed by atoms with van der Waals surface area (Å²) in [5.41, 5.74) is 2.11. The molecule has 1 aromatic rings. The normalized spacial score (nSPS) is 10.6. The Hall–Kier alpha value is -2.14. The summed E-state index contributed by atoms with van der Waals surface area (Å²) < 4.78 is 4.78. The van der Waals surface area contributed by atoms with Gasteiger partial charge in [-0.3, -0.25) is 4.79 Å². The van der Waals surface area contributed by atoms with Crippen molar-refractivity contribution in [3.05, 3.63) is 41.5 Å². The van der Waals surface area contributed by atoms with Gasteiger partial charge in [0.15, 0.2) is 0 Å². The largest absolute Gasteiger partial charge is 0.480 e. The van der Waals surface area contributed by atoms with E-state index in [1.54, 1.807) is 6.08 Å². The van der Waals surface area contributed by atoms with E-state index in [1.165, 1.54) is 6.08 Å². The highest BCUT2D eigenvalue weighted by Crippen LogP contribution is 2.04. The molecule has 0 heterocycles. The molecule has 0 radical (unpaired) electrons. The van der Waals surface area contributed by atoms with Crippen molar-refractivity contribution >= 4 is 18.0 Å². The van der Waals surface area contributed by atoms with Crippen molar-refractivity contribution in [2.45, 2.75) is 6.92 Å². The third kappa shape index (κ3) is 7.00. The van der Waals surface area contributed by atoms with Gasteiger partial charge in [0.25, 0.3) is 0 Å². The van der Waals surface area contributed by atoms with Crippen molar-refractivity contribution in [3.63, 3.8) is 0 Å². The number of benzene rings is 1. The first-order chi connectivity index (χ1) is 9.08. The summed E-state index contributed by atoms with van der Waals surface area (Å²) in [5.74, 6) is -1.26. The van der Waals surface area contributed by atoms with Crippen molar-refractivity contribution in [2.75, 3.05) is 19.8 Å². The van der Waals surface area contributed by atoms with Crippen LogP contribution in [0.4, 0.5) is 0 Å². The third-order valence-corrected chi connectivity index (χ3v) is 2.28. The van der Waals surface area contributed by atoms with E-state index in [2.05, 4.69) is 5.32 Å². The molecule has 0 bridgehead atoms. The Morgan fingerprint density at radius 3 is 2.63 bits per heavy atom. The highest BCUT2D eigenvalue weighted by molar-refractivity contribution is 5.91. The molecule has 0 unspecified atom stereocenters. The standard InChI is InChI=1S/C14H17NO4/c1-11-2-4-12(5-3-11)6-7-13(16)15-8-9-19-10-14(17)18/h2-7H,8-10H2,1H3,(H,15,16)(H,17,18). The topological polar surface area (TPSA) is 75.6 Å². The van der Waals surface area contributed by atoms with Crippen LogP contribution in [0, 0.1) is 6.92 Å². The van der Waals surface area contributed by atoms with E-state index in [4.69, 9.17) is 9.84 Å². The van der Waals surface area contributed by atoms with Crippen LogP contribution < -0.4 is 5.32 Å². The van der Waals surface area contributed by atoms with Gasteiger partial charge in [0.2, 0.25) is 5.91 Å². The third-order valence-electron chi connectivity index (χ3n) is 2.28. The zero-order valence-corrected chi connectivity index (χ0v) is 10.8. The molecule has 2 N–H and O–H groups in total. The number of aliphatic carboxylic acids is 1. The number of hydrogen-bond acceptors (Lipinski definition) is 3. The lowest BCUT2D eigenvalue weighted by molar-refractivity contribution is -0.142. The summed E-state index contributed by atoms with van der Waals surface area (Å²) in [6, 6.07) is 7.79. The van der Waals surface area contributed by atoms with Gasteiger partial charge in [-0.1, -0.05) is 29.8 Å². The zero-order valence-electron chi connectivity index (χ0n) is 10.8. The molecule has 0 saturated carbocycles. The van der Waals surface area contributed by atoms with Crippen LogP contribution in [0.5, 0.6) is 0 Å². The lowest BCUT2D eigenvalue weighted by atomic mass is 10.1. The molecule has 1 aromatic carbocycles. The summed E-state index contributed by atoms with van der Waals surface area (Å²) in [6.07, 6.45) is 3.15. The average Bonchev–Trinajstić information content (AvgIpc) is 2.37. The quantitative estimate of drug-likeness (QED) is 0.573. The van der Waals surface area contributed by atoms with E-state index in [0.29, 0.717) is 0 Å². The molecule has 1 amide bonds. The van der Waals surface area contributed by atoms with Crippen LogP contribution in [0.1, 0.15) is 11.1 Å². The maximum Gasteiger partial charge on any atom is 0.329 e. The Morgan fingerprint density at radius 2 is 2.00 bits per heavy atom. The fraction of sp³-hybridized carbons (Fsp3) is 0.286. The highest BCUT2D eigenvalue weighted by atomic mass is 16.5. The summed E-state index contributed by atoms with van der Waals surface area (Å²) in [5, 5.41) is 10.9. The number of hydrogen-bond donors (Lipinski definition) is 2. The highest BCUT2D eigenvalue weighted by Gasteiger charge is 1.97. The number of rotatable bonds is 7. The Labute approximate surface area is 111 Å². The van der Waals surface area contributed by atoms with E-state index in [-0.39, 0.29) is 25.7 Å². The smallest absolute Gasteiger partial charge is 0.329 e. The molecule has 0 saturated heterocycles. The molecule has 0 atom stereocenters. The lowest BCUT2D eigenvalue weighted by Gasteiger charge is -2.02. The summed E-state index contributed by atoms with van der Waals surface area (Å²) in [6.45, 7) is 2.10. The number of nitrogens with one attached hydrogen (secondary N) is 1. The van der Waals surface area contributed by atoms with Crippen molar-refractivity contribution in [1.82, 2.24) is 5.32 Å². The van der Waals surface area contributed by atoms with Crippen LogP contribution in [-0.4, -0.2) is 36.7 Å². The van der Waals surface area contributed by atoms with Gasteiger partial charge in [-0.2, -0.15) is 0 Å². The monoisotopic (exact) mass is 263 g/mol. The van der Waals surface area contributed by atoms with Crippen molar-refractivity contribution in [3.8, 4) is 0 Å². The summed E-state index contributed by atoms with van der Waals surface area (Å²) in [7, 11) is 0. The first kappa shape index (κ1) is 14.9. The second-order valence-corrected chi connectivity index (χ2v) is 3.98. The van der Waals surface area contributed by atoms with Gasteiger partial charge in [-0.05, 0) is 18.6 Å². The van der Waals surface area contributed by atoms with E-state index >= 15 is 0 Å². The number of carbonyl (C=O) groups excluding carboxylic acids is 1. The van der Waals surface area contributed by atoms with Gasteiger partial charge < -0.3 is 15.2 Å². The first-order valence-corrected chi connectivity index (χ1v) is 5.90. The van der Waals surface area contributed by atoms with Crippen molar-refractivity contribution in [1.29, 1.82) is 0 Å². The van der Waals surface area contributed by atoms with E-state index in [0.717, 1.165) is 11.1 Å². The second kappa shape index (κ2) is 8.05. The Balaban J connectivity index is 2.23. The average molecular weight is 263 g/mol. The molecule has 0 spiro atoms. The van der Waals surface area contributed by atoms with Gasteiger partial charge >= 0.3 is 5.97 Å². The molecule has 19 heavy (non-hydrogen) atoms. The minimum atomic E-state index is -1.02. The molecule has 0 aliphatic carbocycles. The Bertz CT molecular complexity index is 451. The molecule has 0 aliphatic heterocycles. The minimum absolute atomic E-state index is 0.177. The molecular weight excluding hydrogens is 246 g/mol. The van der Waals surface area contributed by atoms with Gasteiger partial charge in [0.05, 0.1) is 6.61 Å². The van der Waals surface area contributed by atoms with Crippen molar-refractivity contribution < 1.29 is 19.4 Å². The van der Waals surface area contributed by atoms with Crippen LogP contribution >= 0.6 is 0 Å². The fourth-order valence-corrected chi connectivity index (χ4v) is 1.31. The van der Waals surface area contributed by atoms with E-state index in [1.807, 2.05) is 31.2 Å². The molecule has 0 aromatic heterocycles. The van der Waals surface area contributed by atoms with Gasteiger partial charge in [0, 0.05) is 12.6 Å². The number of amides is 1. The van der Waals surface area contributed by atoms with Crippen LogP contribution in [0.3, 0.4) is 0 Å². The molecule has 5 heteroatoms. The Morgan fingerprint density at radius 1 is 1.32 bits per heavy atom. The summed E-state index contributed by atoms with van der Waals surface area (Å²) in [4.78, 5) is 21.6. The molecular formula is C14H17NO4. The van der Waals surface area contributed by atoms with Crippen LogP contribution in [-0.2, 0) is 14.3 Å². The number of carbonyl (C=O) groups is 2. The predicted octanol–water partition coefficient (Wildman–Crippen LogP) is 1.23. The number of ether oxygens (including phenoxy) is 1. The van der Waals surface area contributed by atoms with Gasteiger partial charge in [0.1, 0.15) is 6.61 Å². The minimum Gasteiger partial charge on any atom is -0.480 e. The fourth-order valence-electron chi connectivity index (χ4n) is 1.31. The molecule has 1 rings (SSSR count). The van der Waals surface area contributed by atoms with Gasteiger partial charge in [-0.15, -0.1) is 0 Å². The van der Waals surface area contributed by atoms with Gasteiger partial charge in [-0.25, -0.2) is 4.79 Å². The maximum absolute atomic E-state index is 11.4.